The molecule has 2 N–H and O–H groups in total. The molecule has 0 aliphatic rings. The van der Waals surface area contributed by atoms with E-state index in [1.807, 2.05) is 13.8 Å². The van der Waals surface area contributed by atoms with E-state index in [1.54, 1.807) is 31.4 Å². The zero-order valence-corrected chi connectivity index (χ0v) is 19.7. The lowest BCUT2D eigenvalue weighted by Crippen LogP contribution is -2.40. The Bertz CT molecular complexity index is 1230. The van der Waals surface area contributed by atoms with E-state index in [-0.39, 0.29) is 17.9 Å². The lowest BCUT2D eigenvalue weighted by Gasteiger charge is -2.13. The number of fused-ring (bicyclic) bond motifs is 1. The summed E-state index contributed by atoms with van der Waals surface area (Å²) in [5.74, 6) is 0.00657. The summed E-state index contributed by atoms with van der Waals surface area (Å²) in [6.45, 7) is 7.72. The Morgan fingerprint density at radius 2 is 2.16 bits per heavy atom. The number of imide groups is 1. The summed E-state index contributed by atoms with van der Waals surface area (Å²) in [6.07, 6.45) is 2.31. The number of hydrogen-bond donors (Lipinski definition) is 2. The van der Waals surface area contributed by atoms with Crippen LogP contribution < -0.4 is 20.9 Å². The van der Waals surface area contributed by atoms with Crippen LogP contribution in [0.25, 0.3) is 15.9 Å². The van der Waals surface area contributed by atoms with Crippen molar-refractivity contribution in [3.63, 3.8) is 0 Å². The van der Waals surface area contributed by atoms with Crippen LogP contribution in [0.5, 0.6) is 5.75 Å². The number of benzene rings is 1. The van der Waals surface area contributed by atoms with Gasteiger partial charge in [-0.15, -0.1) is 17.9 Å². The highest BCUT2D eigenvalue weighted by atomic mass is 32.2. The largest absolute Gasteiger partial charge is 0.497 e. The van der Waals surface area contributed by atoms with Gasteiger partial charge in [0.2, 0.25) is 5.91 Å². The second-order valence-corrected chi connectivity index (χ2v) is 8.78. The highest BCUT2D eigenvalue weighted by Gasteiger charge is 2.20. The standard InChI is InChI=1S/C22H24N4O4S2/c1-5-10-23-21(29)24-17(27)12-31-22-25-19-18(13(3)16(6-2)32-19)20(28)26(22)14-8-7-9-15(11-14)30-4/h5,7-9,11H,1,6,10,12H2,2-4H3,(H2,23,24,27,29). The van der Waals surface area contributed by atoms with Crippen molar-refractivity contribution in [3.05, 3.63) is 57.7 Å². The quantitative estimate of drug-likeness (QED) is 0.296. The number of urea groups is 1. The van der Waals surface area contributed by atoms with Crippen molar-refractivity contribution in [2.45, 2.75) is 25.4 Å². The Hall–Kier alpha value is -3.11. The summed E-state index contributed by atoms with van der Waals surface area (Å²) < 4.78 is 6.79. The van der Waals surface area contributed by atoms with Crippen molar-refractivity contribution in [1.82, 2.24) is 20.2 Å². The Morgan fingerprint density at radius 1 is 1.38 bits per heavy atom. The number of thiophene rings is 1. The maximum absolute atomic E-state index is 13.5. The number of aromatic nitrogens is 2. The smallest absolute Gasteiger partial charge is 0.321 e. The second-order valence-electron chi connectivity index (χ2n) is 6.76. The van der Waals surface area contributed by atoms with Gasteiger partial charge in [-0.25, -0.2) is 9.78 Å². The number of ether oxygens (including phenoxy) is 1. The van der Waals surface area contributed by atoms with E-state index in [1.165, 1.54) is 22.0 Å². The lowest BCUT2D eigenvalue weighted by atomic mass is 10.2. The van der Waals surface area contributed by atoms with Crippen molar-refractivity contribution < 1.29 is 14.3 Å². The van der Waals surface area contributed by atoms with Crippen LogP contribution in [-0.4, -0.2) is 40.9 Å². The van der Waals surface area contributed by atoms with Gasteiger partial charge in [0, 0.05) is 17.5 Å². The monoisotopic (exact) mass is 472 g/mol. The molecular formula is C22H24N4O4S2. The maximum Gasteiger partial charge on any atom is 0.321 e. The van der Waals surface area contributed by atoms with E-state index < -0.39 is 11.9 Å². The molecule has 0 radical (unpaired) electrons. The summed E-state index contributed by atoms with van der Waals surface area (Å²) in [5.41, 5.74) is 1.30. The van der Waals surface area contributed by atoms with Crippen molar-refractivity contribution in [2.75, 3.05) is 19.4 Å². The number of carbonyl (C=O) groups is 2. The molecule has 0 unspecified atom stereocenters. The van der Waals surface area contributed by atoms with Crippen LogP contribution in [0.15, 0.2) is 46.9 Å². The molecule has 0 fully saturated rings. The molecular weight excluding hydrogens is 448 g/mol. The maximum atomic E-state index is 13.5. The molecule has 3 aromatic rings. The average molecular weight is 473 g/mol. The zero-order chi connectivity index (χ0) is 23.3. The molecule has 0 saturated heterocycles. The van der Waals surface area contributed by atoms with Gasteiger partial charge in [0.15, 0.2) is 5.16 Å². The highest BCUT2D eigenvalue weighted by molar-refractivity contribution is 7.99. The molecule has 3 rings (SSSR count). The van der Waals surface area contributed by atoms with E-state index in [4.69, 9.17) is 9.72 Å². The van der Waals surface area contributed by atoms with Gasteiger partial charge in [-0.2, -0.15) is 0 Å². The number of methoxy groups -OCH3 is 1. The van der Waals surface area contributed by atoms with Crippen LogP contribution in [0, 0.1) is 6.92 Å². The van der Waals surface area contributed by atoms with Crippen LogP contribution >= 0.6 is 23.1 Å². The number of rotatable bonds is 8. The number of thioether (sulfide) groups is 1. The predicted molar refractivity (Wildman–Crippen MR) is 128 cm³/mol. The minimum atomic E-state index is -0.606. The topological polar surface area (TPSA) is 102 Å². The third-order valence-electron chi connectivity index (χ3n) is 4.66. The Labute approximate surface area is 193 Å². The Balaban J connectivity index is 2.02. The minimum absolute atomic E-state index is 0.0889. The fraction of sp³-hybridized carbons (Fsp3) is 0.273. The van der Waals surface area contributed by atoms with Gasteiger partial charge < -0.3 is 10.1 Å². The summed E-state index contributed by atoms with van der Waals surface area (Å²) in [6, 6.07) is 6.49. The van der Waals surface area contributed by atoms with E-state index in [9.17, 15) is 14.4 Å². The molecule has 3 amide bonds. The van der Waals surface area contributed by atoms with E-state index in [0.29, 0.717) is 26.8 Å². The van der Waals surface area contributed by atoms with Gasteiger partial charge in [-0.05, 0) is 31.0 Å². The molecule has 10 heteroatoms. The predicted octanol–water partition coefficient (Wildman–Crippen LogP) is 3.43. The van der Waals surface area contributed by atoms with Gasteiger partial charge in [-0.1, -0.05) is 30.8 Å². The first-order chi connectivity index (χ1) is 15.4. The van der Waals surface area contributed by atoms with Crippen molar-refractivity contribution in [3.8, 4) is 11.4 Å². The van der Waals surface area contributed by atoms with Crippen molar-refractivity contribution >= 4 is 45.3 Å². The molecule has 0 aliphatic carbocycles. The molecule has 1 aromatic carbocycles. The molecule has 0 saturated carbocycles. The second kappa shape index (κ2) is 10.5. The van der Waals surface area contributed by atoms with E-state index in [0.717, 1.165) is 28.6 Å². The third-order valence-corrected chi connectivity index (χ3v) is 6.93. The van der Waals surface area contributed by atoms with Crippen LogP contribution in [-0.2, 0) is 11.2 Å². The molecule has 2 aromatic heterocycles. The van der Waals surface area contributed by atoms with Crippen molar-refractivity contribution in [2.24, 2.45) is 0 Å². The molecule has 0 bridgehead atoms. The fourth-order valence-electron chi connectivity index (χ4n) is 3.12. The molecule has 2 heterocycles. The summed E-state index contributed by atoms with van der Waals surface area (Å²) >= 11 is 2.57. The van der Waals surface area contributed by atoms with E-state index in [2.05, 4.69) is 17.2 Å². The first-order valence-electron chi connectivity index (χ1n) is 9.90. The minimum Gasteiger partial charge on any atom is -0.497 e. The zero-order valence-electron chi connectivity index (χ0n) is 18.1. The number of nitrogens with zero attached hydrogens (tertiary/aromatic N) is 2. The first kappa shape index (κ1) is 23.6. The normalized spacial score (nSPS) is 10.7. The number of amides is 3. The van der Waals surface area contributed by atoms with E-state index >= 15 is 0 Å². The summed E-state index contributed by atoms with van der Waals surface area (Å²) in [5, 5.41) is 5.66. The van der Waals surface area contributed by atoms with Gasteiger partial charge in [0.05, 0.1) is 23.9 Å². The average Bonchev–Trinajstić information content (AvgIpc) is 3.11. The highest BCUT2D eigenvalue weighted by Crippen LogP contribution is 2.31. The molecule has 8 nitrogen and oxygen atoms in total. The fourth-order valence-corrected chi connectivity index (χ4v) is 5.09. The van der Waals surface area contributed by atoms with Gasteiger partial charge in [0.1, 0.15) is 10.6 Å². The van der Waals surface area contributed by atoms with Gasteiger partial charge in [0.25, 0.3) is 5.56 Å². The third kappa shape index (κ3) is 5.03. The lowest BCUT2D eigenvalue weighted by molar-refractivity contribution is -0.117. The summed E-state index contributed by atoms with van der Waals surface area (Å²) in [4.78, 5) is 43.9. The molecule has 0 aliphatic heterocycles. The Kier molecular flexibility index (Phi) is 7.70. The SMILES string of the molecule is C=CCNC(=O)NC(=O)CSc1nc2sc(CC)c(C)c2c(=O)n1-c1cccc(OC)c1. The molecule has 0 spiro atoms. The summed E-state index contributed by atoms with van der Waals surface area (Å²) in [7, 11) is 1.55. The first-order valence-corrected chi connectivity index (χ1v) is 11.7. The van der Waals surface area contributed by atoms with Gasteiger partial charge >= 0.3 is 6.03 Å². The van der Waals surface area contributed by atoms with Crippen molar-refractivity contribution in [1.29, 1.82) is 0 Å². The van der Waals surface area contributed by atoms with Gasteiger partial charge in [-0.3, -0.25) is 19.5 Å². The number of carbonyl (C=O) groups excluding carboxylic acids is 2. The molecule has 0 atom stereocenters. The Morgan fingerprint density at radius 3 is 2.84 bits per heavy atom. The number of hydrogen-bond acceptors (Lipinski definition) is 7. The van der Waals surface area contributed by atoms with Crippen LogP contribution in [0.4, 0.5) is 4.79 Å². The van der Waals surface area contributed by atoms with Crippen LogP contribution in [0.3, 0.4) is 0 Å². The van der Waals surface area contributed by atoms with Crippen LogP contribution in [0.1, 0.15) is 17.4 Å². The number of aryl methyl sites for hydroxylation is 2. The van der Waals surface area contributed by atoms with Crippen LogP contribution in [0.2, 0.25) is 0 Å². The number of nitrogens with one attached hydrogen (secondary N) is 2. The molecule has 32 heavy (non-hydrogen) atoms. The molecule has 168 valence electrons.